The fourth-order valence-corrected chi connectivity index (χ4v) is 2.93. The van der Waals surface area contributed by atoms with E-state index in [-0.39, 0.29) is 12.1 Å². The standard InChI is InChI=1S/C13H16N2O3S/c1-8-10(12(16)18-4)11(9-5-6-19-7-9)15(3)13(17)14(8)2/h5-7,11H,1-4H3. The summed E-state index contributed by atoms with van der Waals surface area (Å²) in [5.41, 5.74) is 2.06. The zero-order valence-electron chi connectivity index (χ0n) is 11.3. The number of carbonyl (C=O) groups excluding carboxylic acids is 2. The van der Waals surface area contributed by atoms with Gasteiger partial charge in [-0.1, -0.05) is 0 Å². The molecule has 6 heteroatoms. The Morgan fingerprint density at radius 1 is 1.42 bits per heavy atom. The molecule has 1 atom stereocenters. The molecule has 0 saturated carbocycles. The first kappa shape index (κ1) is 13.6. The minimum atomic E-state index is -0.403. The van der Waals surface area contributed by atoms with Crippen molar-refractivity contribution >= 4 is 23.3 Å². The lowest BCUT2D eigenvalue weighted by Gasteiger charge is -2.38. The van der Waals surface area contributed by atoms with Crippen molar-refractivity contribution in [3.8, 4) is 0 Å². The fourth-order valence-electron chi connectivity index (χ4n) is 2.25. The van der Waals surface area contributed by atoms with E-state index in [0.717, 1.165) is 5.56 Å². The molecule has 1 aliphatic heterocycles. The Kier molecular flexibility index (Phi) is 3.61. The topological polar surface area (TPSA) is 49.9 Å². The second kappa shape index (κ2) is 5.05. The van der Waals surface area contributed by atoms with Crippen LogP contribution in [0.25, 0.3) is 0 Å². The number of rotatable bonds is 2. The molecule has 0 aromatic carbocycles. The summed E-state index contributed by atoms with van der Waals surface area (Å²) in [4.78, 5) is 27.2. The Morgan fingerprint density at radius 2 is 2.11 bits per heavy atom. The van der Waals surface area contributed by atoms with Crippen molar-refractivity contribution in [2.45, 2.75) is 13.0 Å². The summed E-state index contributed by atoms with van der Waals surface area (Å²) in [7, 11) is 4.70. The van der Waals surface area contributed by atoms with Crippen LogP contribution < -0.4 is 0 Å². The van der Waals surface area contributed by atoms with Gasteiger partial charge in [0, 0.05) is 19.8 Å². The average molecular weight is 280 g/mol. The number of urea groups is 1. The van der Waals surface area contributed by atoms with Crippen LogP contribution in [0.3, 0.4) is 0 Å². The normalized spacial score (nSPS) is 20.0. The van der Waals surface area contributed by atoms with Crippen molar-refractivity contribution in [1.82, 2.24) is 9.80 Å². The molecule has 5 nitrogen and oxygen atoms in total. The van der Waals surface area contributed by atoms with E-state index in [1.54, 1.807) is 25.9 Å². The summed E-state index contributed by atoms with van der Waals surface area (Å²) in [5.74, 6) is -0.403. The van der Waals surface area contributed by atoms with Crippen molar-refractivity contribution in [2.75, 3.05) is 21.2 Å². The number of likely N-dealkylation sites (N-methyl/N-ethyl adjacent to an activating group) is 1. The van der Waals surface area contributed by atoms with E-state index >= 15 is 0 Å². The van der Waals surface area contributed by atoms with Crippen molar-refractivity contribution in [2.24, 2.45) is 0 Å². The monoisotopic (exact) mass is 280 g/mol. The van der Waals surface area contributed by atoms with Crippen LogP contribution in [-0.4, -0.2) is 43.0 Å². The number of methoxy groups -OCH3 is 1. The van der Waals surface area contributed by atoms with Gasteiger partial charge in [-0.3, -0.25) is 0 Å². The van der Waals surface area contributed by atoms with E-state index in [4.69, 9.17) is 4.74 Å². The molecule has 0 fully saturated rings. The molecule has 0 N–H and O–H groups in total. The van der Waals surface area contributed by atoms with E-state index in [9.17, 15) is 9.59 Å². The first-order valence-electron chi connectivity index (χ1n) is 5.80. The summed E-state index contributed by atoms with van der Waals surface area (Å²) < 4.78 is 4.86. The minimum absolute atomic E-state index is 0.138. The molecule has 2 rings (SSSR count). The second-order valence-electron chi connectivity index (χ2n) is 4.40. The maximum absolute atomic E-state index is 12.2. The Morgan fingerprint density at radius 3 is 2.63 bits per heavy atom. The highest BCUT2D eigenvalue weighted by Crippen LogP contribution is 2.36. The first-order valence-corrected chi connectivity index (χ1v) is 6.75. The number of thiophene rings is 1. The Labute approximate surface area is 116 Å². The number of ether oxygens (including phenoxy) is 1. The third kappa shape index (κ3) is 2.12. The molecule has 1 unspecified atom stereocenters. The van der Waals surface area contributed by atoms with Gasteiger partial charge in [-0.15, -0.1) is 0 Å². The predicted octanol–water partition coefficient (Wildman–Crippen LogP) is 2.23. The molecule has 2 amide bonds. The van der Waals surface area contributed by atoms with Gasteiger partial charge < -0.3 is 14.5 Å². The summed E-state index contributed by atoms with van der Waals surface area (Å²) in [6.07, 6.45) is 0. The van der Waals surface area contributed by atoms with E-state index in [1.807, 2.05) is 16.8 Å². The molecule has 0 aliphatic carbocycles. The largest absolute Gasteiger partial charge is 0.466 e. The van der Waals surface area contributed by atoms with Gasteiger partial charge in [-0.2, -0.15) is 11.3 Å². The molecule has 102 valence electrons. The summed E-state index contributed by atoms with van der Waals surface area (Å²) >= 11 is 1.53. The van der Waals surface area contributed by atoms with Crippen LogP contribution in [0.15, 0.2) is 28.1 Å². The quantitative estimate of drug-likeness (QED) is 0.781. The first-order chi connectivity index (χ1) is 8.99. The number of hydrogen-bond donors (Lipinski definition) is 0. The van der Waals surface area contributed by atoms with Crippen LogP contribution >= 0.6 is 11.3 Å². The number of carbonyl (C=O) groups is 2. The van der Waals surface area contributed by atoms with E-state index in [2.05, 4.69) is 0 Å². The highest BCUT2D eigenvalue weighted by Gasteiger charge is 2.38. The molecular weight excluding hydrogens is 264 g/mol. The zero-order chi connectivity index (χ0) is 14.2. The smallest absolute Gasteiger partial charge is 0.337 e. The third-order valence-electron chi connectivity index (χ3n) is 3.41. The van der Waals surface area contributed by atoms with Gasteiger partial charge in [0.1, 0.15) is 0 Å². The molecular formula is C13H16N2O3S. The highest BCUT2D eigenvalue weighted by molar-refractivity contribution is 7.08. The van der Waals surface area contributed by atoms with E-state index in [0.29, 0.717) is 11.3 Å². The predicted molar refractivity (Wildman–Crippen MR) is 72.7 cm³/mol. The van der Waals surface area contributed by atoms with Gasteiger partial charge in [0.15, 0.2) is 0 Å². The van der Waals surface area contributed by atoms with Crippen molar-refractivity contribution < 1.29 is 14.3 Å². The molecule has 1 aromatic heterocycles. The summed E-state index contributed by atoms with van der Waals surface area (Å²) in [6.45, 7) is 1.76. The number of hydrogen-bond acceptors (Lipinski definition) is 4. The van der Waals surface area contributed by atoms with Crippen molar-refractivity contribution in [1.29, 1.82) is 0 Å². The molecule has 0 radical (unpaired) electrons. The molecule has 1 aliphatic rings. The maximum Gasteiger partial charge on any atom is 0.337 e. The SMILES string of the molecule is COC(=O)C1=C(C)N(C)C(=O)N(C)C1c1ccsc1. The Bertz CT molecular complexity index is 536. The summed E-state index contributed by atoms with van der Waals surface area (Å²) in [5, 5.41) is 3.87. The molecule has 0 spiro atoms. The van der Waals surface area contributed by atoms with Gasteiger partial charge in [0.25, 0.3) is 0 Å². The summed E-state index contributed by atoms with van der Waals surface area (Å²) in [6, 6.07) is 1.39. The van der Waals surface area contributed by atoms with Crippen LogP contribution in [0.5, 0.6) is 0 Å². The van der Waals surface area contributed by atoms with Crippen LogP contribution in [0.4, 0.5) is 4.79 Å². The molecule has 2 heterocycles. The molecule has 1 aromatic rings. The van der Waals surface area contributed by atoms with Crippen LogP contribution in [-0.2, 0) is 9.53 Å². The van der Waals surface area contributed by atoms with Gasteiger partial charge in [-0.05, 0) is 29.3 Å². The number of allylic oxidation sites excluding steroid dienone is 1. The Balaban J connectivity index is 2.59. The lowest BCUT2D eigenvalue weighted by molar-refractivity contribution is -0.137. The second-order valence-corrected chi connectivity index (χ2v) is 5.18. The zero-order valence-corrected chi connectivity index (χ0v) is 12.2. The van der Waals surface area contributed by atoms with E-state index < -0.39 is 5.97 Å². The minimum Gasteiger partial charge on any atom is -0.466 e. The highest BCUT2D eigenvalue weighted by atomic mass is 32.1. The molecule has 0 saturated heterocycles. The van der Waals surface area contributed by atoms with Gasteiger partial charge in [0.05, 0.1) is 18.7 Å². The lowest BCUT2D eigenvalue weighted by Crippen LogP contribution is -2.47. The van der Waals surface area contributed by atoms with E-state index in [1.165, 1.54) is 23.3 Å². The van der Waals surface area contributed by atoms with Crippen molar-refractivity contribution in [3.63, 3.8) is 0 Å². The number of nitrogens with zero attached hydrogens (tertiary/aromatic N) is 2. The van der Waals surface area contributed by atoms with Crippen molar-refractivity contribution in [3.05, 3.63) is 33.7 Å². The van der Waals surface area contributed by atoms with Crippen LogP contribution in [0, 0.1) is 0 Å². The third-order valence-corrected chi connectivity index (χ3v) is 4.11. The van der Waals surface area contributed by atoms with Crippen LogP contribution in [0.2, 0.25) is 0 Å². The lowest BCUT2D eigenvalue weighted by atomic mass is 9.96. The molecule has 19 heavy (non-hydrogen) atoms. The average Bonchev–Trinajstić information content (AvgIpc) is 2.93. The van der Waals surface area contributed by atoms with Gasteiger partial charge in [0.2, 0.25) is 0 Å². The fraction of sp³-hybridized carbons (Fsp3) is 0.385. The Hall–Kier alpha value is -1.82. The van der Waals surface area contributed by atoms with Gasteiger partial charge >= 0.3 is 12.0 Å². The maximum atomic E-state index is 12.2. The molecule has 0 bridgehead atoms. The van der Waals surface area contributed by atoms with Crippen LogP contribution in [0.1, 0.15) is 18.5 Å². The number of amides is 2. The number of esters is 1. The van der Waals surface area contributed by atoms with Gasteiger partial charge in [-0.25, -0.2) is 9.59 Å².